The fourth-order valence-corrected chi connectivity index (χ4v) is 2.62. The van der Waals surface area contributed by atoms with Gasteiger partial charge in [-0.2, -0.15) is 0 Å². The van der Waals surface area contributed by atoms with Crippen molar-refractivity contribution >= 4 is 5.91 Å². The number of nitrogens with one attached hydrogen (secondary N) is 1. The number of aryl methyl sites for hydroxylation is 1. The van der Waals surface area contributed by atoms with Crippen LogP contribution in [0.4, 0.5) is 8.78 Å². The van der Waals surface area contributed by atoms with Gasteiger partial charge in [0.15, 0.2) is 11.6 Å². The molecule has 0 fully saturated rings. The summed E-state index contributed by atoms with van der Waals surface area (Å²) in [5.41, 5.74) is 3.00. The Bertz CT molecular complexity index is 876. The van der Waals surface area contributed by atoms with Gasteiger partial charge in [0.2, 0.25) is 0 Å². The molecule has 4 heteroatoms. The third-order valence-electron chi connectivity index (χ3n) is 4.00. The van der Waals surface area contributed by atoms with E-state index < -0.39 is 17.5 Å². The number of halogens is 2. The van der Waals surface area contributed by atoms with Crippen molar-refractivity contribution in [1.82, 2.24) is 5.32 Å². The maximum atomic E-state index is 13.4. The van der Waals surface area contributed by atoms with E-state index >= 15 is 0 Å². The van der Waals surface area contributed by atoms with Crippen LogP contribution in [0.5, 0.6) is 0 Å². The van der Waals surface area contributed by atoms with Gasteiger partial charge in [0.05, 0.1) is 6.04 Å². The van der Waals surface area contributed by atoms with Crippen LogP contribution in [0.3, 0.4) is 0 Å². The Labute approximate surface area is 145 Å². The van der Waals surface area contributed by atoms with Crippen LogP contribution >= 0.6 is 0 Å². The minimum Gasteiger partial charge on any atom is -0.341 e. The number of carbonyl (C=O) groups is 1. The molecule has 0 radical (unpaired) electrons. The first-order valence-corrected chi connectivity index (χ1v) is 7.92. The molecule has 126 valence electrons. The molecular formula is C21H17F2NO. The average Bonchev–Trinajstić information content (AvgIpc) is 2.63. The second-order valence-corrected chi connectivity index (χ2v) is 5.86. The van der Waals surface area contributed by atoms with E-state index in [1.54, 1.807) is 0 Å². The number of amides is 1. The maximum absolute atomic E-state index is 13.4. The predicted molar refractivity (Wildman–Crippen MR) is 93.3 cm³/mol. The molecule has 0 unspecified atom stereocenters. The lowest BCUT2D eigenvalue weighted by molar-refractivity contribution is 0.0942. The Morgan fingerprint density at radius 1 is 0.840 bits per heavy atom. The highest BCUT2D eigenvalue weighted by atomic mass is 19.2. The Balaban J connectivity index is 1.93. The van der Waals surface area contributed by atoms with E-state index in [1.165, 1.54) is 6.07 Å². The summed E-state index contributed by atoms with van der Waals surface area (Å²) in [6, 6.07) is 20.1. The van der Waals surface area contributed by atoms with Gasteiger partial charge < -0.3 is 5.32 Å². The topological polar surface area (TPSA) is 29.1 Å². The van der Waals surface area contributed by atoms with Crippen LogP contribution in [-0.2, 0) is 0 Å². The van der Waals surface area contributed by atoms with E-state index in [0.717, 1.165) is 28.8 Å². The van der Waals surface area contributed by atoms with Gasteiger partial charge in [0.25, 0.3) is 5.91 Å². The smallest absolute Gasteiger partial charge is 0.252 e. The molecule has 1 N–H and O–H groups in total. The molecule has 0 spiro atoms. The molecule has 0 aliphatic rings. The lowest BCUT2D eigenvalue weighted by atomic mass is 9.97. The molecule has 0 saturated heterocycles. The van der Waals surface area contributed by atoms with Gasteiger partial charge >= 0.3 is 0 Å². The van der Waals surface area contributed by atoms with Crippen molar-refractivity contribution in [2.24, 2.45) is 0 Å². The Kier molecular flexibility index (Phi) is 4.89. The van der Waals surface area contributed by atoms with E-state index in [9.17, 15) is 13.6 Å². The van der Waals surface area contributed by atoms with E-state index in [-0.39, 0.29) is 11.6 Å². The minimum absolute atomic E-state index is 0.0759. The molecule has 2 nitrogen and oxygen atoms in total. The molecule has 0 heterocycles. The minimum atomic E-state index is -1.04. The summed E-state index contributed by atoms with van der Waals surface area (Å²) in [6.07, 6.45) is 0. The van der Waals surface area contributed by atoms with E-state index in [0.29, 0.717) is 0 Å². The van der Waals surface area contributed by atoms with Gasteiger partial charge in [-0.05, 0) is 36.2 Å². The SMILES string of the molecule is Cc1ccc([C@@H](NC(=O)c2ccc(F)c(F)c2)c2ccccc2)cc1. The number of benzene rings is 3. The molecule has 0 aliphatic heterocycles. The molecule has 1 amide bonds. The first kappa shape index (κ1) is 16.8. The second-order valence-electron chi connectivity index (χ2n) is 5.86. The zero-order chi connectivity index (χ0) is 17.8. The molecule has 3 rings (SSSR count). The van der Waals surface area contributed by atoms with Gasteiger partial charge in [0, 0.05) is 5.56 Å². The maximum Gasteiger partial charge on any atom is 0.252 e. The normalized spacial score (nSPS) is 11.8. The average molecular weight is 337 g/mol. The highest BCUT2D eigenvalue weighted by molar-refractivity contribution is 5.94. The molecule has 1 atom stereocenters. The number of carbonyl (C=O) groups excluding carboxylic acids is 1. The van der Waals surface area contributed by atoms with Crippen molar-refractivity contribution < 1.29 is 13.6 Å². The third kappa shape index (κ3) is 3.91. The predicted octanol–water partition coefficient (Wildman–Crippen LogP) is 4.79. The molecule has 0 bridgehead atoms. The van der Waals surface area contributed by atoms with Gasteiger partial charge in [-0.25, -0.2) is 8.78 Å². The van der Waals surface area contributed by atoms with Crippen molar-refractivity contribution in [1.29, 1.82) is 0 Å². The number of hydrogen-bond donors (Lipinski definition) is 1. The summed E-state index contributed by atoms with van der Waals surface area (Å²) >= 11 is 0. The third-order valence-corrected chi connectivity index (χ3v) is 4.00. The Morgan fingerprint density at radius 2 is 1.48 bits per heavy atom. The van der Waals surface area contributed by atoms with Crippen LogP contribution in [0.2, 0.25) is 0 Å². The molecule has 0 aliphatic carbocycles. The standard InChI is InChI=1S/C21H17F2NO/c1-14-7-9-16(10-8-14)20(15-5-3-2-4-6-15)24-21(25)17-11-12-18(22)19(23)13-17/h2-13,20H,1H3,(H,24,25)/t20-/m0/s1. The zero-order valence-corrected chi connectivity index (χ0v) is 13.7. The lowest BCUT2D eigenvalue weighted by Crippen LogP contribution is -2.29. The van der Waals surface area contributed by atoms with E-state index in [1.807, 2.05) is 61.5 Å². The summed E-state index contributed by atoms with van der Waals surface area (Å²) in [4.78, 5) is 12.5. The van der Waals surface area contributed by atoms with Crippen LogP contribution in [0.15, 0.2) is 72.8 Å². The highest BCUT2D eigenvalue weighted by Gasteiger charge is 2.18. The number of hydrogen-bond acceptors (Lipinski definition) is 1. The van der Waals surface area contributed by atoms with Gasteiger partial charge in [-0.3, -0.25) is 4.79 Å². The molecule has 3 aromatic carbocycles. The molecular weight excluding hydrogens is 320 g/mol. The molecule has 3 aromatic rings. The largest absolute Gasteiger partial charge is 0.341 e. The summed E-state index contributed by atoms with van der Waals surface area (Å²) in [5.74, 6) is -2.48. The van der Waals surface area contributed by atoms with Crippen molar-refractivity contribution in [2.45, 2.75) is 13.0 Å². The van der Waals surface area contributed by atoms with Crippen LogP contribution in [-0.4, -0.2) is 5.91 Å². The second kappa shape index (κ2) is 7.26. The van der Waals surface area contributed by atoms with Gasteiger partial charge in [-0.1, -0.05) is 60.2 Å². The summed E-state index contributed by atoms with van der Waals surface area (Å²) in [6.45, 7) is 1.99. The monoisotopic (exact) mass is 337 g/mol. The van der Waals surface area contributed by atoms with Crippen LogP contribution in [0.1, 0.15) is 33.1 Å². The molecule has 0 aromatic heterocycles. The first-order valence-electron chi connectivity index (χ1n) is 7.92. The fraction of sp³-hybridized carbons (Fsp3) is 0.0952. The summed E-state index contributed by atoms with van der Waals surface area (Å²) < 4.78 is 26.5. The van der Waals surface area contributed by atoms with Crippen molar-refractivity contribution in [2.75, 3.05) is 0 Å². The van der Waals surface area contributed by atoms with Crippen molar-refractivity contribution in [3.05, 3.63) is 107 Å². The van der Waals surface area contributed by atoms with E-state index in [4.69, 9.17) is 0 Å². The molecule has 25 heavy (non-hydrogen) atoms. The van der Waals surface area contributed by atoms with Crippen molar-refractivity contribution in [3.8, 4) is 0 Å². The number of rotatable bonds is 4. The van der Waals surface area contributed by atoms with Gasteiger partial charge in [0.1, 0.15) is 0 Å². The first-order chi connectivity index (χ1) is 12.0. The summed E-state index contributed by atoms with van der Waals surface area (Å²) in [5, 5.41) is 2.90. The van der Waals surface area contributed by atoms with Gasteiger partial charge in [-0.15, -0.1) is 0 Å². The summed E-state index contributed by atoms with van der Waals surface area (Å²) in [7, 11) is 0. The van der Waals surface area contributed by atoms with Crippen LogP contribution < -0.4 is 5.32 Å². The van der Waals surface area contributed by atoms with Crippen LogP contribution in [0, 0.1) is 18.6 Å². The highest BCUT2D eigenvalue weighted by Crippen LogP contribution is 2.23. The van der Waals surface area contributed by atoms with Crippen LogP contribution in [0.25, 0.3) is 0 Å². The zero-order valence-electron chi connectivity index (χ0n) is 13.7. The Morgan fingerprint density at radius 3 is 2.12 bits per heavy atom. The quantitative estimate of drug-likeness (QED) is 0.728. The Hall–Kier alpha value is -3.01. The molecule has 0 saturated carbocycles. The van der Waals surface area contributed by atoms with E-state index in [2.05, 4.69) is 5.32 Å². The lowest BCUT2D eigenvalue weighted by Gasteiger charge is -2.20. The van der Waals surface area contributed by atoms with Crippen molar-refractivity contribution in [3.63, 3.8) is 0 Å². The fourth-order valence-electron chi connectivity index (χ4n) is 2.62.